The van der Waals surface area contributed by atoms with Crippen LogP contribution in [0.4, 0.5) is 5.69 Å². The normalized spacial score (nSPS) is 23.0. The second-order valence-corrected chi connectivity index (χ2v) is 6.69. The fourth-order valence-electron chi connectivity index (χ4n) is 3.51. The molecular formula is C17H12Cl2NNaO3. The first-order chi connectivity index (χ1) is 11.0. The monoisotopic (exact) mass is 371 g/mol. The number of carboxylic acid groups (broad SMARTS) is 1. The molecule has 0 saturated heterocycles. The SMILES string of the molecule is Cc1cccc2c1OC1C(C(=O)[O-])Nc3cc(Cl)cc(Cl)c3C21.[Na+]. The average molecular weight is 372 g/mol. The molecule has 7 heteroatoms. The van der Waals surface area contributed by atoms with Crippen LogP contribution in [0.25, 0.3) is 0 Å². The molecule has 2 aliphatic heterocycles. The maximum atomic E-state index is 11.6. The van der Waals surface area contributed by atoms with E-state index in [1.54, 1.807) is 12.1 Å². The number of halogens is 2. The van der Waals surface area contributed by atoms with Crippen molar-refractivity contribution in [3.63, 3.8) is 0 Å². The first kappa shape index (κ1) is 17.9. The molecule has 4 nitrogen and oxygen atoms in total. The molecule has 0 amide bonds. The fraction of sp³-hybridized carbons (Fsp3) is 0.235. The summed E-state index contributed by atoms with van der Waals surface area (Å²) in [5.41, 5.74) is 3.31. The molecule has 118 valence electrons. The summed E-state index contributed by atoms with van der Waals surface area (Å²) in [5, 5.41) is 15.5. The number of fused-ring (bicyclic) bond motifs is 5. The quantitative estimate of drug-likeness (QED) is 0.701. The van der Waals surface area contributed by atoms with Crippen LogP contribution < -0.4 is 44.7 Å². The number of hydrogen-bond donors (Lipinski definition) is 1. The van der Waals surface area contributed by atoms with Crippen LogP contribution >= 0.6 is 23.2 Å². The van der Waals surface area contributed by atoms with Crippen LogP contribution in [-0.2, 0) is 4.79 Å². The third-order valence-corrected chi connectivity index (χ3v) is 4.99. The van der Waals surface area contributed by atoms with Gasteiger partial charge in [0.15, 0.2) is 0 Å². The maximum absolute atomic E-state index is 11.6. The second kappa shape index (κ2) is 6.43. The summed E-state index contributed by atoms with van der Waals surface area (Å²) in [6, 6.07) is 8.17. The number of carbonyl (C=O) groups excluding carboxylic acids is 1. The molecule has 4 rings (SSSR count). The van der Waals surface area contributed by atoms with Crippen LogP contribution in [0.1, 0.15) is 22.6 Å². The fourth-order valence-corrected chi connectivity index (χ4v) is 4.12. The Labute approximate surface area is 171 Å². The van der Waals surface area contributed by atoms with Crippen LogP contribution in [0.2, 0.25) is 10.0 Å². The van der Waals surface area contributed by atoms with E-state index in [9.17, 15) is 9.90 Å². The van der Waals surface area contributed by atoms with Gasteiger partial charge in [-0.25, -0.2) is 0 Å². The number of aryl methyl sites for hydroxylation is 1. The smallest absolute Gasteiger partial charge is 0.548 e. The van der Waals surface area contributed by atoms with Gasteiger partial charge in [-0.2, -0.15) is 0 Å². The van der Waals surface area contributed by atoms with E-state index in [2.05, 4.69) is 5.32 Å². The Morgan fingerprint density at radius 3 is 2.75 bits per heavy atom. The van der Waals surface area contributed by atoms with Crippen molar-refractivity contribution in [1.82, 2.24) is 0 Å². The van der Waals surface area contributed by atoms with Gasteiger partial charge in [0.2, 0.25) is 0 Å². The molecule has 2 aromatic rings. The van der Waals surface area contributed by atoms with Crippen molar-refractivity contribution < 1.29 is 44.2 Å². The van der Waals surface area contributed by atoms with E-state index in [0.717, 1.165) is 22.4 Å². The van der Waals surface area contributed by atoms with Gasteiger partial charge in [0.25, 0.3) is 0 Å². The summed E-state index contributed by atoms with van der Waals surface area (Å²) in [7, 11) is 0. The molecule has 1 N–H and O–H groups in total. The molecule has 0 aromatic heterocycles. The van der Waals surface area contributed by atoms with Crippen LogP contribution in [0.5, 0.6) is 5.75 Å². The Kier molecular flexibility index (Phi) is 4.80. The number of rotatable bonds is 1. The van der Waals surface area contributed by atoms with Gasteiger partial charge >= 0.3 is 29.6 Å². The first-order valence-electron chi connectivity index (χ1n) is 7.20. The Balaban J connectivity index is 0.00000169. The number of hydrogen-bond acceptors (Lipinski definition) is 4. The van der Waals surface area contributed by atoms with Gasteiger partial charge in [-0.3, -0.25) is 0 Å². The van der Waals surface area contributed by atoms with Gasteiger partial charge in [-0.05, 0) is 24.6 Å². The summed E-state index contributed by atoms with van der Waals surface area (Å²) in [6.07, 6.45) is -0.609. The molecule has 0 aliphatic carbocycles. The van der Waals surface area contributed by atoms with E-state index in [1.807, 2.05) is 25.1 Å². The third-order valence-electron chi connectivity index (χ3n) is 4.46. The summed E-state index contributed by atoms with van der Waals surface area (Å²) in [4.78, 5) is 11.6. The molecule has 2 aromatic carbocycles. The van der Waals surface area contributed by atoms with Crippen LogP contribution in [0.3, 0.4) is 0 Å². The van der Waals surface area contributed by atoms with Crippen molar-refractivity contribution in [1.29, 1.82) is 0 Å². The topological polar surface area (TPSA) is 61.4 Å². The molecule has 2 aliphatic rings. The van der Waals surface area contributed by atoms with E-state index < -0.39 is 18.1 Å². The zero-order chi connectivity index (χ0) is 16.3. The van der Waals surface area contributed by atoms with Crippen LogP contribution in [0, 0.1) is 6.92 Å². The van der Waals surface area contributed by atoms with E-state index in [1.165, 1.54) is 0 Å². The van der Waals surface area contributed by atoms with E-state index in [0.29, 0.717) is 15.7 Å². The first-order valence-corrected chi connectivity index (χ1v) is 7.95. The Hall–Kier alpha value is -0.910. The van der Waals surface area contributed by atoms with Crippen molar-refractivity contribution in [3.05, 3.63) is 57.1 Å². The summed E-state index contributed by atoms with van der Waals surface area (Å²) >= 11 is 12.5. The zero-order valence-corrected chi connectivity index (χ0v) is 16.6. The number of benzene rings is 2. The summed E-state index contributed by atoms with van der Waals surface area (Å²) in [5.74, 6) is -0.768. The standard InChI is InChI=1S/C17H13Cl2NO3.Na/c1-7-3-2-4-9-12-13-10(19)5-8(18)6-11(13)20-14(17(21)22)16(12)23-15(7)9;/h2-6,12,14,16,20H,1H3,(H,21,22);/q;+1/p-1. The number of ether oxygens (including phenoxy) is 1. The average Bonchev–Trinajstić information content (AvgIpc) is 2.86. The van der Waals surface area contributed by atoms with Gasteiger partial charge in [0.05, 0.1) is 11.9 Å². The molecular weight excluding hydrogens is 360 g/mol. The molecule has 0 fully saturated rings. The van der Waals surface area contributed by atoms with Gasteiger partial charge in [-0.15, -0.1) is 0 Å². The number of carboxylic acids is 1. The van der Waals surface area contributed by atoms with E-state index in [4.69, 9.17) is 27.9 Å². The number of nitrogens with one attached hydrogen (secondary N) is 1. The van der Waals surface area contributed by atoms with E-state index >= 15 is 0 Å². The molecule has 0 radical (unpaired) electrons. The number of para-hydroxylation sites is 1. The van der Waals surface area contributed by atoms with Gasteiger partial charge in [0.1, 0.15) is 17.9 Å². The molecule has 0 bridgehead atoms. The molecule has 2 heterocycles. The molecule has 3 unspecified atom stereocenters. The van der Waals surface area contributed by atoms with Crippen molar-refractivity contribution in [2.24, 2.45) is 0 Å². The Bertz CT molecular complexity index is 843. The zero-order valence-electron chi connectivity index (χ0n) is 13.1. The van der Waals surface area contributed by atoms with Crippen molar-refractivity contribution in [3.8, 4) is 5.75 Å². The second-order valence-electron chi connectivity index (χ2n) is 5.84. The largest absolute Gasteiger partial charge is 1.00 e. The maximum Gasteiger partial charge on any atom is 1.00 e. The number of aliphatic carboxylic acids is 1. The summed E-state index contributed by atoms with van der Waals surface area (Å²) < 4.78 is 5.98. The Morgan fingerprint density at radius 1 is 1.29 bits per heavy atom. The van der Waals surface area contributed by atoms with Crippen molar-refractivity contribution in [2.75, 3.05) is 5.32 Å². The van der Waals surface area contributed by atoms with Crippen LogP contribution in [-0.4, -0.2) is 18.1 Å². The van der Waals surface area contributed by atoms with Gasteiger partial charge in [0, 0.05) is 26.9 Å². The van der Waals surface area contributed by atoms with Crippen molar-refractivity contribution in [2.45, 2.75) is 25.0 Å². The molecule has 3 atom stereocenters. The van der Waals surface area contributed by atoms with Crippen LogP contribution in [0.15, 0.2) is 30.3 Å². The number of carbonyl (C=O) groups is 1. The summed E-state index contributed by atoms with van der Waals surface area (Å²) in [6.45, 7) is 1.93. The third kappa shape index (κ3) is 2.61. The predicted octanol–water partition coefficient (Wildman–Crippen LogP) is -0.257. The van der Waals surface area contributed by atoms with Crippen molar-refractivity contribution >= 4 is 34.9 Å². The van der Waals surface area contributed by atoms with E-state index in [-0.39, 0.29) is 35.5 Å². The minimum atomic E-state index is -1.22. The molecule has 0 saturated carbocycles. The molecule has 24 heavy (non-hydrogen) atoms. The minimum absolute atomic E-state index is 0. The van der Waals surface area contributed by atoms with Gasteiger partial charge in [-0.1, -0.05) is 41.4 Å². The molecule has 0 spiro atoms. The number of anilines is 1. The minimum Gasteiger partial charge on any atom is -0.548 e. The Morgan fingerprint density at radius 2 is 2.04 bits per heavy atom. The predicted molar refractivity (Wildman–Crippen MR) is 86.3 cm³/mol. The van der Waals surface area contributed by atoms with Gasteiger partial charge < -0.3 is 20.0 Å².